The number of aromatic nitrogens is 1. The van der Waals surface area contributed by atoms with Gasteiger partial charge in [0.25, 0.3) is 5.91 Å². The summed E-state index contributed by atoms with van der Waals surface area (Å²) in [6.45, 7) is 0. The molecule has 6 nitrogen and oxygen atoms in total. The average molecular weight is 234 g/mol. The van der Waals surface area contributed by atoms with Gasteiger partial charge in [-0.25, -0.2) is 0 Å². The fourth-order valence-corrected chi connectivity index (χ4v) is 1.79. The normalized spacial score (nSPS) is 20.5. The van der Waals surface area contributed by atoms with E-state index in [0.717, 1.165) is 4.90 Å². The Bertz CT molecular complexity index is 461. The Hall–Kier alpha value is -2.11. The molecule has 0 spiro atoms. The van der Waals surface area contributed by atoms with Crippen molar-refractivity contribution in [3.8, 4) is 0 Å². The Morgan fingerprint density at radius 2 is 2.24 bits per heavy atom. The highest BCUT2D eigenvalue weighted by molar-refractivity contribution is 6.01. The van der Waals surface area contributed by atoms with Gasteiger partial charge in [-0.05, 0) is 12.5 Å². The van der Waals surface area contributed by atoms with Crippen LogP contribution < -0.4 is 11.1 Å². The SMILES string of the molecule is CN1C(=O)CCC(Nc2cncc(N)c2)C1=O. The zero-order valence-electron chi connectivity index (χ0n) is 9.51. The van der Waals surface area contributed by atoms with Gasteiger partial charge in [0, 0.05) is 19.7 Å². The minimum absolute atomic E-state index is 0.140. The second-order valence-electron chi connectivity index (χ2n) is 4.03. The molecule has 1 aromatic heterocycles. The van der Waals surface area contributed by atoms with Crippen molar-refractivity contribution in [3.63, 3.8) is 0 Å². The Kier molecular flexibility index (Phi) is 2.95. The smallest absolute Gasteiger partial charge is 0.251 e. The van der Waals surface area contributed by atoms with Crippen LogP contribution in [-0.4, -0.2) is 34.8 Å². The number of imide groups is 1. The van der Waals surface area contributed by atoms with Crippen molar-refractivity contribution in [3.05, 3.63) is 18.5 Å². The van der Waals surface area contributed by atoms with Gasteiger partial charge in [0.2, 0.25) is 5.91 Å². The number of carbonyl (C=O) groups is 2. The van der Waals surface area contributed by atoms with Gasteiger partial charge in [0.15, 0.2) is 0 Å². The molecule has 1 atom stereocenters. The molecular formula is C11H14N4O2. The number of rotatable bonds is 2. The van der Waals surface area contributed by atoms with E-state index < -0.39 is 0 Å². The van der Waals surface area contributed by atoms with Crippen molar-refractivity contribution in [1.29, 1.82) is 0 Å². The number of hydrogen-bond acceptors (Lipinski definition) is 5. The molecule has 6 heteroatoms. The van der Waals surface area contributed by atoms with Crippen LogP contribution in [0.5, 0.6) is 0 Å². The molecule has 1 aliphatic heterocycles. The number of nitrogen functional groups attached to an aromatic ring is 1. The summed E-state index contributed by atoms with van der Waals surface area (Å²) in [4.78, 5) is 28.2. The molecule has 0 aliphatic carbocycles. The number of nitrogens with one attached hydrogen (secondary N) is 1. The third-order valence-corrected chi connectivity index (χ3v) is 2.75. The molecule has 1 fully saturated rings. The Morgan fingerprint density at radius 3 is 2.94 bits per heavy atom. The predicted molar refractivity (Wildman–Crippen MR) is 63.1 cm³/mol. The molecule has 1 unspecified atom stereocenters. The van der Waals surface area contributed by atoms with Gasteiger partial charge in [-0.15, -0.1) is 0 Å². The van der Waals surface area contributed by atoms with Gasteiger partial charge in [-0.1, -0.05) is 0 Å². The summed E-state index contributed by atoms with van der Waals surface area (Å²) in [5.41, 5.74) is 6.81. The van der Waals surface area contributed by atoms with Crippen molar-refractivity contribution in [2.75, 3.05) is 18.1 Å². The number of pyridine rings is 1. The monoisotopic (exact) mass is 234 g/mol. The summed E-state index contributed by atoms with van der Waals surface area (Å²) < 4.78 is 0. The van der Waals surface area contributed by atoms with Crippen molar-refractivity contribution >= 4 is 23.2 Å². The Labute approximate surface area is 98.8 Å². The maximum absolute atomic E-state index is 11.8. The van der Waals surface area contributed by atoms with E-state index in [1.54, 1.807) is 12.3 Å². The van der Waals surface area contributed by atoms with E-state index in [1.165, 1.54) is 13.2 Å². The van der Waals surface area contributed by atoms with Gasteiger partial charge in [0.05, 0.1) is 17.6 Å². The van der Waals surface area contributed by atoms with Crippen LogP contribution in [0.25, 0.3) is 0 Å². The van der Waals surface area contributed by atoms with Gasteiger partial charge in [-0.3, -0.25) is 19.5 Å². The van der Waals surface area contributed by atoms with E-state index in [4.69, 9.17) is 5.73 Å². The van der Waals surface area contributed by atoms with Crippen LogP contribution in [0.4, 0.5) is 11.4 Å². The molecule has 1 aliphatic rings. The summed E-state index contributed by atoms with van der Waals surface area (Å²) in [5, 5.41) is 3.04. The number of nitrogens with two attached hydrogens (primary N) is 1. The van der Waals surface area contributed by atoms with Crippen LogP contribution in [0, 0.1) is 0 Å². The topological polar surface area (TPSA) is 88.3 Å². The molecule has 0 saturated carbocycles. The van der Waals surface area contributed by atoms with E-state index in [9.17, 15) is 9.59 Å². The number of anilines is 2. The van der Waals surface area contributed by atoms with Gasteiger partial charge in [-0.2, -0.15) is 0 Å². The zero-order valence-corrected chi connectivity index (χ0v) is 9.51. The van der Waals surface area contributed by atoms with Crippen LogP contribution in [-0.2, 0) is 9.59 Å². The van der Waals surface area contributed by atoms with Crippen LogP contribution in [0.2, 0.25) is 0 Å². The van der Waals surface area contributed by atoms with Gasteiger partial charge >= 0.3 is 0 Å². The number of nitrogens with zero attached hydrogens (tertiary/aromatic N) is 2. The molecule has 1 saturated heterocycles. The summed E-state index contributed by atoms with van der Waals surface area (Å²) in [6.07, 6.45) is 4.00. The molecule has 3 N–H and O–H groups in total. The van der Waals surface area contributed by atoms with Crippen LogP contribution in [0.15, 0.2) is 18.5 Å². The van der Waals surface area contributed by atoms with Gasteiger partial charge in [0.1, 0.15) is 6.04 Å². The molecule has 2 amide bonds. The number of hydrogen-bond donors (Lipinski definition) is 2. The zero-order chi connectivity index (χ0) is 12.4. The van der Waals surface area contributed by atoms with Crippen LogP contribution in [0.3, 0.4) is 0 Å². The lowest BCUT2D eigenvalue weighted by molar-refractivity contribution is -0.146. The molecule has 2 heterocycles. The number of carbonyl (C=O) groups excluding carboxylic acids is 2. The fourth-order valence-electron chi connectivity index (χ4n) is 1.79. The number of likely N-dealkylation sites (N-methyl/N-ethyl adjacent to an activating group) is 1. The Morgan fingerprint density at radius 1 is 1.47 bits per heavy atom. The molecule has 2 rings (SSSR count). The molecule has 17 heavy (non-hydrogen) atoms. The average Bonchev–Trinajstić information content (AvgIpc) is 2.30. The van der Waals surface area contributed by atoms with Crippen LogP contribution >= 0.6 is 0 Å². The highest BCUT2D eigenvalue weighted by atomic mass is 16.2. The lowest BCUT2D eigenvalue weighted by Crippen LogP contribution is -2.48. The van der Waals surface area contributed by atoms with Gasteiger partial charge < -0.3 is 11.1 Å². The second-order valence-corrected chi connectivity index (χ2v) is 4.03. The molecule has 0 radical (unpaired) electrons. The molecular weight excluding hydrogens is 220 g/mol. The minimum Gasteiger partial charge on any atom is -0.397 e. The maximum Gasteiger partial charge on any atom is 0.251 e. The molecule has 0 aromatic carbocycles. The van der Waals surface area contributed by atoms with E-state index in [0.29, 0.717) is 24.2 Å². The maximum atomic E-state index is 11.8. The first-order valence-corrected chi connectivity index (χ1v) is 5.35. The minimum atomic E-state index is -0.388. The highest BCUT2D eigenvalue weighted by Gasteiger charge is 2.31. The molecule has 1 aromatic rings. The predicted octanol–water partition coefficient (Wildman–Crippen LogP) is 0.223. The standard InChI is InChI=1S/C11H14N4O2/c1-15-10(16)3-2-9(11(15)17)14-8-4-7(12)5-13-6-8/h4-6,9,14H,2-3,12H2,1H3. The van der Waals surface area contributed by atoms with Crippen molar-refractivity contribution < 1.29 is 9.59 Å². The fraction of sp³-hybridized carbons (Fsp3) is 0.364. The lowest BCUT2D eigenvalue weighted by atomic mass is 10.0. The molecule has 90 valence electrons. The first-order valence-electron chi connectivity index (χ1n) is 5.35. The number of amides is 2. The first-order chi connectivity index (χ1) is 8.08. The summed E-state index contributed by atoms with van der Waals surface area (Å²) in [7, 11) is 1.50. The second kappa shape index (κ2) is 4.40. The van der Waals surface area contributed by atoms with E-state index in [1.807, 2.05) is 0 Å². The van der Waals surface area contributed by atoms with E-state index in [2.05, 4.69) is 10.3 Å². The van der Waals surface area contributed by atoms with Crippen molar-refractivity contribution in [1.82, 2.24) is 9.88 Å². The highest BCUT2D eigenvalue weighted by Crippen LogP contribution is 2.17. The summed E-state index contributed by atoms with van der Waals surface area (Å²) >= 11 is 0. The lowest BCUT2D eigenvalue weighted by Gasteiger charge is -2.28. The van der Waals surface area contributed by atoms with E-state index >= 15 is 0 Å². The largest absolute Gasteiger partial charge is 0.397 e. The molecule has 0 bridgehead atoms. The van der Waals surface area contributed by atoms with Crippen LogP contribution in [0.1, 0.15) is 12.8 Å². The quantitative estimate of drug-likeness (QED) is 0.715. The Balaban J connectivity index is 2.09. The third-order valence-electron chi connectivity index (χ3n) is 2.75. The summed E-state index contributed by atoms with van der Waals surface area (Å²) in [6, 6.07) is 1.32. The number of piperidine rings is 1. The summed E-state index contributed by atoms with van der Waals surface area (Å²) in [5.74, 6) is -0.359. The van der Waals surface area contributed by atoms with E-state index in [-0.39, 0.29) is 17.9 Å². The number of likely N-dealkylation sites (tertiary alicyclic amines) is 1. The van der Waals surface area contributed by atoms with Crippen molar-refractivity contribution in [2.45, 2.75) is 18.9 Å². The first kappa shape index (κ1) is 11.4. The van der Waals surface area contributed by atoms with Crippen molar-refractivity contribution in [2.24, 2.45) is 0 Å². The third kappa shape index (κ3) is 2.35.